The number of ketones is 1. The van der Waals surface area contributed by atoms with Gasteiger partial charge in [-0.15, -0.1) is 0 Å². The van der Waals surface area contributed by atoms with Gasteiger partial charge in [0.2, 0.25) is 5.78 Å². The van der Waals surface area contributed by atoms with Gasteiger partial charge in [0.1, 0.15) is 16.9 Å². The Morgan fingerprint density at radius 1 is 1.32 bits per heavy atom. The minimum atomic E-state index is -0.624. The lowest BCUT2D eigenvalue weighted by molar-refractivity contribution is -0.385. The summed E-state index contributed by atoms with van der Waals surface area (Å²) in [5.41, 5.74) is 1.32. The summed E-state index contributed by atoms with van der Waals surface area (Å²) in [5.74, 6) is -1.21. The second kappa shape index (κ2) is 6.03. The van der Waals surface area contributed by atoms with Crippen molar-refractivity contribution in [2.75, 3.05) is 0 Å². The van der Waals surface area contributed by atoms with Crippen LogP contribution in [0.1, 0.15) is 27.2 Å². The predicted molar refractivity (Wildman–Crippen MR) is 94.4 cm³/mol. The molecular weight excluding hydrogens is 393 g/mol. The molecule has 0 atom stereocenters. The number of rotatable bonds is 3. The van der Waals surface area contributed by atoms with E-state index in [0.29, 0.717) is 16.5 Å². The van der Waals surface area contributed by atoms with E-state index in [-0.39, 0.29) is 21.3 Å². The van der Waals surface area contributed by atoms with Crippen molar-refractivity contribution in [1.82, 2.24) is 9.78 Å². The molecule has 0 bridgehead atoms. The maximum atomic E-state index is 13.6. The molecule has 0 amide bonds. The number of aromatic nitrogens is 2. The van der Waals surface area contributed by atoms with E-state index in [1.807, 2.05) is 0 Å². The van der Waals surface area contributed by atoms with Gasteiger partial charge in [-0.3, -0.25) is 19.6 Å². The van der Waals surface area contributed by atoms with Crippen LogP contribution in [0.15, 0.2) is 28.7 Å². The molecule has 1 heterocycles. The van der Waals surface area contributed by atoms with Crippen LogP contribution >= 0.6 is 15.9 Å². The smallest absolute Gasteiger partial charge is 0.282 e. The van der Waals surface area contributed by atoms with E-state index in [1.54, 1.807) is 25.6 Å². The fourth-order valence-corrected chi connectivity index (χ4v) is 3.41. The molecule has 25 heavy (non-hydrogen) atoms. The largest absolute Gasteiger partial charge is 0.288 e. The van der Waals surface area contributed by atoms with Crippen LogP contribution in [0, 0.1) is 29.8 Å². The minimum Gasteiger partial charge on any atom is -0.288 e. The van der Waals surface area contributed by atoms with Crippen LogP contribution in [0.5, 0.6) is 0 Å². The molecular formula is C17H13BrFN3O3. The van der Waals surface area contributed by atoms with Crippen molar-refractivity contribution in [3.63, 3.8) is 0 Å². The highest BCUT2D eigenvalue weighted by Gasteiger charge is 2.29. The lowest BCUT2D eigenvalue weighted by Crippen LogP contribution is -2.09. The van der Waals surface area contributed by atoms with E-state index in [4.69, 9.17) is 0 Å². The summed E-state index contributed by atoms with van der Waals surface area (Å²) >= 11 is 3.29. The lowest BCUT2D eigenvalue weighted by atomic mass is 9.96. The van der Waals surface area contributed by atoms with Gasteiger partial charge in [0, 0.05) is 29.8 Å². The molecule has 0 spiro atoms. The van der Waals surface area contributed by atoms with Gasteiger partial charge >= 0.3 is 0 Å². The first kappa shape index (κ1) is 17.2. The van der Waals surface area contributed by atoms with E-state index in [9.17, 15) is 19.3 Å². The lowest BCUT2D eigenvalue weighted by Gasteiger charge is -2.08. The molecule has 0 fully saturated rings. The highest BCUT2D eigenvalue weighted by Crippen LogP contribution is 2.37. The number of nitro groups is 1. The van der Waals surface area contributed by atoms with Gasteiger partial charge < -0.3 is 0 Å². The number of nitrogens with zero attached hydrogens (tertiary/aromatic N) is 3. The first-order valence-electron chi connectivity index (χ1n) is 7.33. The number of halogens is 2. The number of fused-ring (bicyclic) bond motifs is 1. The second-order valence-corrected chi connectivity index (χ2v) is 6.53. The molecule has 0 unspecified atom stereocenters. The van der Waals surface area contributed by atoms with Crippen LogP contribution in [0.25, 0.3) is 10.9 Å². The van der Waals surface area contributed by atoms with E-state index < -0.39 is 16.5 Å². The van der Waals surface area contributed by atoms with Crippen molar-refractivity contribution < 1.29 is 14.1 Å². The van der Waals surface area contributed by atoms with Crippen molar-refractivity contribution in [3.05, 3.63) is 67.1 Å². The summed E-state index contributed by atoms with van der Waals surface area (Å²) < 4.78 is 15.4. The molecule has 0 saturated carbocycles. The van der Waals surface area contributed by atoms with Gasteiger partial charge in [0.15, 0.2) is 0 Å². The van der Waals surface area contributed by atoms with Crippen LogP contribution in [-0.2, 0) is 7.05 Å². The molecule has 8 heteroatoms. The second-order valence-electron chi connectivity index (χ2n) is 5.74. The molecule has 0 N–H and O–H groups in total. The summed E-state index contributed by atoms with van der Waals surface area (Å²) in [4.78, 5) is 23.9. The van der Waals surface area contributed by atoms with Gasteiger partial charge in [-0.25, -0.2) is 4.39 Å². The number of carbonyl (C=O) groups excluding carboxylic acids is 1. The molecule has 6 nitrogen and oxygen atoms in total. The van der Waals surface area contributed by atoms with E-state index >= 15 is 0 Å². The fraction of sp³-hybridized carbons (Fsp3) is 0.176. The maximum absolute atomic E-state index is 13.6. The molecule has 1 aromatic heterocycles. The van der Waals surface area contributed by atoms with E-state index in [1.165, 1.54) is 18.2 Å². The van der Waals surface area contributed by atoms with Gasteiger partial charge in [-0.2, -0.15) is 5.10 Å². The van der Waals surface area contributed by atoms with Crippen LogP contribution in [0.2, 0.25) is 0 Å². The Morgan fingerprint density at radius 2 is 2.00 bits per heavy atom. The summed E-state index contributed by atoms with van der Waals surface area (Å²) in [5, 5.41) is 16.4. The summed E-state index contributed by atoms with van der Waals surface area (Å²) in [6, 6.07) is 5.12. The van der Waals surface area contributed by atoms with Crippen LogP contribution in [0.3, 0.4) is 0 Å². The normalized spacial score (nSPS) is 11.1. The van der Waals surface area contributed by atoms with Gasteiger partial charge in [0.05, 0.1) is 9.40 Å². The Bertz CT molecular complexity index is 1060. The van der Waals surface area contributed by atoms with E-state index in [0.717, 1.165) is 11.8 Å². The quantitative estimate of drug-likeness (QED) is 0.371. The summed E-state index contributed by atoms with van der Waals surface area (Å²) in [6.07, 6.45) is 0. The average molecular weight is 406 g/mol. The Balaban J connectivity index is 2.36. The molecule has 0 aliphatic rings. The SMILES string of the molecule is Cc1ccc(F)cc1C(=O)c1c([N+](=O)[O-])cc2c(C)n(C)nc2c1Br. The summed E-state index contributed by atoms with van der Waals surface area (Å²) in [7, 11) is 1.71. The number of aryl methyl sites for hydroxylation is 3. The highest BCUT2D eigenvalue weighted by atomic mass is 79.9. The van der Waals surface area contributed by atoms with Crippen molar-refractivity contribution in [2.45, 2.75) is 13.8 Å². The Kier molecular flexibility index (Phi) is 4.16. The topological polar surface area (TPSA) is 78.0 Å². The van der Waals surface area contributed by atoms with Crippen LogP contribution < -0.4 is 0 Å². The molecule has 2 aromatic carbocycles. The highest BCUT2D eigenvalue weighted by molar-refractivity contribution is 9.10. The van der Waals surface area contributed by atoms with Crippen molar-refractivity contribution in [2.24, 2.45) is 7.05 Å². The van der Waals surface area contributed by atoms with Crippen molar-refractivity contribution >= 4 is 38.3 Å². The van der Waals surface area contributed by atoms with Crippen molar-refractivity contribution in [3.8, 4) is 0 Å². The third-order valence-electron chi connectivity index (χ3n) is 4.21. The first-order chi connectivity index (χ1) is 11.7. The molecule has 3 aromatic rings. The monoisotopic (exact) mass is 405 g/mol. The number of hydrogen-bond acceptors (Lipinski definition) is 4. The zero-order valence-corrected chi connectivity index (χ0v) is 15.2. The Hall–Kier alpha value is -2.61. The number of benzene rings is 2. The zero-order chi connectivity index (χ0) is 18.5. The molecule has 128 valence electrons. The number of nitro benzene ring substituents is 1. The Morgan fingerprint density at radius 3 is 2.64 bits per heavy atom. The molecule has 0 radical (unpaired) electrons. The third kappa shape index (κ3) is 2.72. The van der Waals surface area contributed by atoms with Crippen molar-refractivity contribution in [1.29, 1.82) is 0 Å². The average Bonchev–Trinajstić information content (AvgIpc) is 2.84. The minimum absolute atomic E-state index is 0.0794. The maximum Gasteiger partial charge on any atom is 0.282 e. The van der Waals surface area contributed by atoms with Gasteiger partial charge in [-0.1, -0.05) is 6.07 Å². The molecule has 3 rings (SSSR count). The molecule has 0 aliphatic heterocycles. The standard InChI is InChI=1S/C17H13BrFN3O3/c1-8-4-5-10(19)6-11(8)17(23)14-13(22(24)25)7-12-9(2)21(3)20-16(12)15(14)18/h4-7H,1-3H3. The summed E-state index contributed by atoms with van der Waals surface area (Å²) in [6.45, 7) is 3.43. The number of carbonyl (C=O) groups is 1. The molecule has 0 saturated heterocycles. The van der Waals surface area contributed by atoms with E-state index in [2.05, 4.69) is 21.0 Å². The molecule has 0 aliphatic carbocycles. The third-order valence-corrected chi connectivity index (χ3v) is 4.98. The van der Waals surface area contributed by atoms with Gasteiger partial charge in [-0.05, 0) is 47.5 Å². The Labute approximate surface area is 150 Å². The first-order valence-corrected chi connectivity index (χ1v) is 8.12. The zero-order valence-electron chi connectivity index (χ0n) is 13.6. The van der Waals surface area contributed by atoms with Gasteiger partial charge in [0.25, 0.3) is 5.69 Å². The predicted octanol–water partition coefficient (Wildman–Crippen LogP) is 4.23. The number of hydrogen-bond donors (Lipinski definition) is 0. The van der Waals surface area contributed by atoms with Crippen LogP contribution in [-0.4, -0.2) is 20.5 Å². The van der Waals surface area contributed by atoms with Crippen LogP contribution in [0.4, 0.5) is 10.1 Å². The fourth-order valence-electron chi connectivity index (χ4n) is 2.73.